The minimum absolute atomic E-state index is 0. The molecular weight excluding hydrogens is 399 g/mol. The molecule has 0 atom stereocenters. The smallest absolute Gasteiger partial charge is 0.193 e. The number of allylic oxidation sites excluding steroid dienone is 1. The van der Waals surface area contributed by atoms with Gasteiger partial charge in [-0.05, 0) is 64.6 Å². The van der Waals surface area contributed by atoms with E-state index in [2.05, 4.69) is 40.8 Å². The van der Waals surface area contributed by atoms with Crippen LogP contribution in [0.4, 0.5) is 0 Å². The summed E-state index contributed by atoms with van der Waals surface area (Å²) in [5, 5.41) is 3.53. The molecule has 0 aliphatic carbocycles. The van der Waals surface area contributed by atoms with Gasteiger partial charge in [-0.3, -0.25) is 4.99 Å². The highest BCUT2D eigenvalue weighted by Crippen LogP contribution is 2.18. The average Bonchev–Trinajstić information content (AvgIpc) is 2.53. The van der Waals surface area contributed by atoms with E-state index in [1.807, 2.05) is 13.1 Å². The lowest BCUT2D eigenvalue weighted by Crippen LogP contribution is -2.40. The lowest BCUT2D eigenvalue weighted by atomic mass is 9.94. The van der Waals surface area contributed by atoms with Crippen LogP contribution in [0.3, 0.4) is 0 Å². The van der Waals surface area contributed by atoms with Crippen molar-refractivity contribution in [3.63, 3.8) is 0 Å². The highest BCUT2D eigenvalue weighted by Gasteiger charge is 2.16. The lowest BCUT2D eigenvalue weighted by Gasteiger charge is -2.29. The number of guanidine groups is 1. The van der Waals surface area contributed by atoms with E-state index in [0.29, 0.717) is 0 Å². The molecule has 1 fully saturated rings. The van der Waals surface area contributed by atoms with Crippen molar-refractivity contribution in [3.8, 4) is 0 Å². The van der Waals surface area contributed by atoms with Gasteiger partial charge in [0.05, 0.1) is 0 Å². The Labute approximate surface area is 160 Å². The van der Waals surface area contributed by atoms with Crippen molar-refractivity contribution in [1.82, 2.24) is 15.1 Å². The van der Waals surface area contributed by atoms with Crippen LogP contribution >= 0.6 is 24.0 Å². The maximum atomic E-state index is 4.40. The van der Waals surface area contributed by atoms with E-state index in [9.17, 15) is 0 Å². The minimum atomic E-state index is 0. The van der Waals surface area contributed by atoms with E-state index in [0.717, 1.165) is 31.4 Å². The van der Waals surface area contributed by atoms with Crippen molar-refractivity contribution in [3.05, 3.63) is 12.7 Å². The van der Waals surface area contributed by atoms with Crippen molar-refractivity contribution in [2.75, 3.05) is 47.3 Å². The Bertz CT molecular complexity index is 325. The van der Waals surface area contributed by atoms with Crippen molar-refractivity contribution < 1.29 is 0 Å². The van der Waals surface area contributed by atoms with Crippen molar-refractivity contribution in [2.45, 2.75) is 44.9 Å². The summed E-state index contributed by atoms with van der Waals surface area (Å²) in [7, 11) is 6.24. The van der Waals surface area contributed by atoms with Gasteiger partial charge < -0.3 is 15.1 Å². The fourth-order valence-corrected chi connectivity index (χ4v) is 3.04. The Balaban J connectivity index is 0.00000484. The summed E-state index contributed by atoms with van der Waals surface area (Å²) < 4.78 is 0. The normalized spacial score (nSPS) is 16.7. The predicted molar refractivity (Wildman–Crippen MR) is 113 cm³/mol. The number of aliphatic imine (C=N–C) groups is 1. The molecule has 0 saturated carbocycles. The Hall–Kier alpha value is -0.300. The largest absolute Gasteiger partial charge is 0.356 e. The number of hydrogen-bond donors (Lipinski definition) is 1. The molecular formula is C18H37IN4. The van der Waals surface area contributed by atoms with Gasteiger partial charge in [0, 0.05) is 27.2 Å². The van der Waals surface area contributed by atoms with Crippen LogP contribution < -0.4 is 5.32 Å². The zero-order chi connectivity index (χ0) is 16.2. The quantitative estimate of drug-likeness (QED) is 0.197. The molecule has 0 bridgehead atoms. The summed E-state index contributed by atoms with van der Waals surface area (Å²) in [6.07, 6.45) is 10.8. The van der Waals surface area contributed by atoms with Crippen LogP contribution in [0.25, 0.3) is 0 Å². The fourth-order valence-electron chi connectivity index (χ4n) is 3.04. The van der Waals surface area contributed by atoms with Crippen molar-refractivity contribution >= 4 is 29.9 Å². The standard InChI is InChI=1S/C18H36N4.HI/c1-5-6-7-8-9-14-22(4)18(19-2)20-13-10-17-11-15-21(3)16-12-17;/h5,17H,1,6-16H2,2-4H3,(H,19,20);1H. The zero-order valence-electron chi connectivity index (χ0n) is 15.4. The monoisotopic (exact) mass is 436 g/mol. The Kier molecular flexibility index (Phi) is 13.9. The summed E-state index contributed by atoms with van der Waals surface area (Å²) in [6.45, 7) is 8.39. The molecule has 0 spiro atoms. The second kappa shape index (κ2) is 14.1. The summed E-state index contributed by atoms with van der Waals surface area (Å²) in [4.78, 5) is 9.09. The zero-order valence-corrected chi connectivity index (χ0v) is 17.7. The van der Waals surface area contributed by atoms with Crippen LogP contribution in [0.1, 0.15) is 44.9 Å². The van der Waals surface area contributed by atoms with E-state index in [1.165, 1.54) is 51.6 Å². The number of halogens is 1. The number of likely N-dealkylation sites (tertiary alicyclic amines) is 1. The van der Waals surface area contributed by atoms with Gasteiger partial charge in [-0.25, -0.2) is 0 Å². The Morgan fingerprint density at radius 1 is 1.30 bits per heavy atom. The first-order valence-corrected chi connectivity index (χ1v) is 8.88. The molecule has 1 N–H and O–H groups in total. The van der Waals surface area contributed by atoms with E-state index in [1.54, 1.807) is 0 Å². The second-order valence-corrected chi connectivity index (χ2v) is 6.57. The van der Waals surface area contributed by atoms with Gasteiger partial charge in [-0.1, -0.05) is 12.5 Å². The maximum Gasteiger partial charge on any atom is 0.193 e. The molecule has 5 heteroatoms. The van der Waals surface area contributed by atoms with Gasteiger partial charge in [-0.2, -0.15) is 0 Å². The SMILES string of the molecule is C=CCCCCCN(C)C(=NC)NCCC1CCN(C)CC1.I. The van der Waals surface area contributed by atoms with E-state index in [-0.39, 0.29) is 24.0 Å². The third-order valence-corrected chi connectivity index (χ3v) is 4.65. The van der Waals surface area contributed by atoms with Gasteiger partial charge >= 0.3 is 0 Å². The molecule has 136 valence electrons. The van der Waals surface area contributed by atoms with Crippen molar-refractivity contribution in [1.29, 1.82) is 0 Å². The molecule has 1 heterocycles. The predicted octanol–water partition coefficient (Wildman–Crippen LogP) is 3.59. The fraction of sp³-hybridized carbons (Fsp3) is 0.833. The van der Waals surface area contributed by atoms with Crippen LogP contribution in [0.2, 0.25) is 0 Å². The molecule has 0 radical (unpaired) electrons. The molecule has 1 aliphatic heterocycles. The number of unbranched alkanes of at least 4 members (excludes halogenated alkanes) is 3. The number of nitrogens with one attached hydrogen (secondary N) is 1. The van der Waals surface area contributed by atoms with Gasteiger partial charge in [0.1, 0.15) is 0 Å². The van der Waals surface area contributed by atoms with E-state index >= 15 is 0 Å². The molecule has 1 aliphatic rings. The molecule has 1 saturated heterocycles. The summed E-state index contributed by atoms with van der Waals surface area (Å²) in [5.74, 6) is 1.92. The molecule has 0 aromatic carbocycles. The van der Waals surface area contributed by atoms with Crippen molar-refractivity contribution in [2.24, 2.45) is 10.9 Å². The molecule has 0 unspecified atom stereocenters. The third kappa shape index (κ3) is 10.2. The van der Waals surface area contributed by atoms with Gasteiger partial charge in [0.25, 0.3) is 0 Å². The highest BCUT2D eigenvalue weighted by atomic mass is 127. The van der Waals surface area contributed by atoms with Crippen LogP contribution in [0.5, 0.6) is 0 Å². The summed E-state index contributed by atoms with van der Waals surface area (Å²) in [5.41, 5.74) is 0. The first-order valence-electron chi connectivity index (χ1n) is 8.88. The van der Waals surface area contributed by atoms with Crippen LogP contribution in [0.15, 0.2) is 17.6 Å². The number of piperidine rings is 1. The van der Waals surface area contributed by atoms with Crippen LogP contribution in [0, 0.1) is 5.92 Å². The third-order valence-electron chi connectivity index (χ3n) is 4.65. The van der Waals surface area contributed by atoms with E-state index in [4.69, 9.17) is 0 Å². The molecule has 1 rings (SSSR count). The molecule has 0 amide bonds. The minimum Gasteiger partial charge on any atom is -0.356 e. The van der Waals surface area contributed by atoms with Gasteiger partial charge in [0.15, 0.2) is 5.96 Å². The summed E-state index contributed by atoms with van der Waals surface area (Å²) >= 11 is 0. The van der Waals surface area contributed by atoms with Crippen LogP contribution in [-0.4, -0.2) is 63.1 Å². The Morgan fingerprint density at radius 3 is 2.61 bits per heavy atom. The number of rotatable bonds is 9. The number of nitrogens with zero attached hydrogens (tertiary/aromatic N) is 3. The van der Waals surface area contributed by atoms with Gasteiger partial charge in [0.2, 0.25) is 0 Å². The topological polar surface area (TPSA) is 30.9 Å². The first kappa shape index (κ1) is 22.7. The number of hydrogen-bond acceptors (Lipinski definition) is 2. The second-order valence-electron chi connectivity index (χ2n) is 6.57. The molecule has 23 heavy (non-hydrogen) atoms. The van der Waals surface area contributed by atoms with Gasteiger partial charge in [-0.15, -0.1) is 30.6 Å². The first-order chi connectivity index (χ1) is 10.7. The Morgan fingerprint density at radius 2 is 2.00 bits per heavy atom. The van der Waals surface area contributed by atoms with E-state index < -0.39 is 0 Å². The van der Waals surface area contributed by atoms with Crippen LogP contribution in [-0.2, 0) is 0 Å². The maximum absolute atomic E-state index is 4.40. The average molecular weight is 436 g/mol. The highest BCUT2D eigenvalue weighted by molar-refractivity contribution is 14.0. The lowest BCUT2D eigenvalue weighted by molar-refractivity contribution is 0.212. The molecule has 4 nitrogen and oxygen atoms in total. The molecule has 0 aromatic rings. The summed E-state index contributed by atoms with van der Waals surface area (Å²) in [6, 6.07) is 0. The molecule has 0 aromatic heterocycles.